The third kappa shape index (κ3) is 2.94. The van der Waals surface area contributed by atoms with Gasteiger partial charge in [-0.25, -0.2) is 0 Å². The van der Waals surface area contributed by atoms with Gasteiger partial charge in [0.25, 0.3) is 0 Å². The molecular weight excluding hydrogens is 325 g/mol. The molecule has 0 aliphatic carbocycles. The largest absolute Gasteiger partial charge is 0.289 e. The maximum Gasteiger partial charge on any atom is 0.0667 e. The second-order valence-corrected chi connectivity index (χ2v) is 7.24. The summed E-state index contributed by atoms with van der Waals surface area (Å²) < 4.78 is 0. The minimum absolute atomic E-state index is 0.513. The number of rotatable bonds is 3. The number of benzene rings is 2. The average molecular weight is 344 g/mol. The van der Waals surface area contributed by atoms with Gasteiger partial charge < -0.3 is 0 Å². The van der Waals surface area contributed by atoms with Crippen molar-refractivity contribution in [1.82, 2.24) is 4.90 Å². The first kappa shape index (κ1) is 15.3. The highest BCUT2D eigenvalue weighted by Crippen LogP contribution is 2.42. The summed E-state index contributed by atoms with van der Waals surface area (Å²) in [5.74, 6) is 0. The Balaban J connectivity index is 1.61. The van der Waals surface area contributed by atoms with Crippen LogP contribution in [0.25, 0.3) is 5.57 Å². The van der Waals surface area contributed by atoms with Crippen LogP contribution in [-0.4, -0.2) is 17.0 Å². The van der Waals surface area contributed by atoms with Crippen molar-refractivity contribution in [1.29, 1.82) is 0 Å². The predicted octanol–water partition coefficient (Wildman–Crippen LogP) is 5.81. The van der Waals surface area contributed by atoms with E-state index in [4.69, 9.17) is 23.2 Å². The summed E-state index contributed by atoms with van der Waals surface area (Å²) in [6, 6.07) is 17.8. The van der Waals surface area contributed by atoms with Crippen molar-refractivity contribution >= 4 is 28.8 Å². The highest BCUT2D eigenvalue weighted by Gasteiger charge is 2.36. The van der Waals surface area contributed by atoms with Crippen LogP contribution in [0.3, 0.4) is 0 Å². The fourth-order valence-corrected chi connectivity index (χ4v) is 4.33. The molecule has 2 aromatic rings. The van der Waals surface area contributed by atoms with Gasteiger partial charge in [0.05, 0.1) is 10.0 Å². The summed E-state index contributed by atoms with van der Waals surface area (Å²) in [5, 5.41) is 1.33. The van der Waals surface area contributed by atoms with Crippen LogP contribution < -0.4 is 0 Å². The summed E-state index contributed by atoms with van der Waals surface area (Å²) in [7, 11) is 0. The zero-order chi connectivity index (χ0) is 15.8. The van der Waals surface area contributed by atoms with Crippen LogP contribution in [0.2, 0.25) is 10.0 Å². The summed E-state index contributed by atoms with van der Waals surface area (Å²) >= 11 is 12.6. The van der Waals surface area contributed by atoms with Gasteiger partial charge in [0.2, 0.25) is 0 Å². The highest BCUT2D eigenvalue weighted by atomic mass is 35.5. The molecule has 0 N–H and O–H groups in total. The van der Waals surface area contributed by atoms with Crippen molar-refractivity contribution in [2.24, 2.45) is 0 Å². The lowest BCUT2D eigenvalue weighted by molar-refractivity contribution is 0.203. The molecule has 0 aromatic heterocycles. The molecule has 2 bridgehead atoms. The van der Waals surface area contributed by atoms with Crippen LogP contribution in [0, 0.1) is 0 Å². The summed E-state index contributed by atoms with van der Waals surface area (Å²) in [4.78, 5) is 2.64. The molecule has 2 aliphatic heterocycles. The Kier molecular flexibility index (Phi) is 4.19. The summed E-state index contributed by atoms with van der Waals surface area (Å²) in [6.07, 6.45) is 5.96. The lowest BCUT2D eigenvalue weighted by atomic mass is 9.94. The van der Waals surface area contributed by atoms with E-state index in [2.05, 4.69) is 47.4 Å². The van der Waals surface area contributed by atoms with E-state index in [9.17, 15) is 0 Å². The van der Waals surface area contributed by atoms with Crippen molar-refractivity contribution in [3.05, 3.63) is 75.8 Å². The second-order valence-electron chi connectivity index (χ2n) is 6.45. The molecule has 2 unspecified atom stereocenters. The molecule has 0 radical (unpaired) electrons. The maximum atomic E-state index is 6.42. The second kappa shape index (κ2) is 6.32. The van der Waals surface area contributed by atoms with Crippen LogP contribution in [0.4, 0.5) is 0 Å². The van der Waals surface area contributed by atoms with Gasteiger partial charge in [0.15, 0.2) is 0 Å². The van der Waals surface area contributed by atoms with Gasteiger partial charge in [0, 0.05) is 18.6 Å². The van der Waals surface area contributed by atoms with E-state index >= 15 is 0 Å². The minimum Gasteiger partial charge on any atom is -0.289 e. The van der Waals surface area contributed by atoms with E-state index in [1.54, 1.807) is 0 Å². The Morgan fingerprint density at radius 3 is 2.57 bits per heavy atom. The Hall–Kier alpha value is -1.28. The fourth-order valence-electron chi connectivity index (χ4n) is 3.91. The maximum absolute atomic E-state index is 6.42. The lowest BCUT2D eigenvalue weighted by Crippen LogP contribution is -2.37. The van der Waals surface area contributed by atoms with Gasteiger partial charge in [-0.05, 0) is 42.0 Å². The van der Waals surface area contributed by atoms with Gasteiger partial charge in [-0.15, -0.1) is 0 Å². The molecule has 1 fully saturated rings. The normalized spacial score (nSPS) is 23.8. The van der Waals surface area contributed by atoms with Crippen molar-refractivity contribution < 1.29 is 0 Å². The van der Waals surface area contributed by atoms with Crippen LogP contribution in [0.15, 0.2) is 54.6 Å². The van der Waals surface area contributed by atoms with E-state index in [1.807, 2.05) is 12.1 Å². The fraction of sp³-hybridized carbons (Fsp3) is 0.300. The van der Waals surface area contributed by atoms with E-state index in [0.717, 1.165) is 18.5 Å². The Bertz CT molecular complexity index is 739. The summed E-state index contributed by atoms with van der Waals surface area (Å²) in [6.45, 7) is 1.03. The van der Waals surface area contributed by atoms with Gasteiger partial charge in [-0.3, -0.25) is 4.90 Å². The van der Waals surface area contributed by atoms with Gasteiger partial charge in [-0.1, -0.05) is 71.7 Å². The van der Waals surface area contributed by atoms with Crippen molar-refractivity contribution in [2.75, 3.05) is 0 Å². The monoisotopic (exact) mass is 343 g/mol. The molecular formula is C20H19Cl2N. The smallest absolute Gasteiger partial charge is 0.0667 e. The number of halogens is 2. The first-order chi connectivity index (χ1) is 11.2. The average Bonchev–Trinajstić information content (AvgIpc) is 2.80. The third-order valence-corrected chi connectivity index (χ3v) is 5.86. The van der Waals surface area contributed by atoms with E-state index in [1.165, 1.54) is 24.0 Å². The SMILES string of the molecule is Clc1cccc(C2=CC3CCC(C2)N3Cc2ccccc2)c1Cl. The molecule has 23 heavy (non-hydrogen) atoms. The number of hydrogen-bond donors (Lipinski definition) is 0. The number of nitrogens with zero attached hydrogens (tertiary/aromatic N) is 1. The van der Waals surface area contributed by atoms with Crippen LogP contribution in [0.5, 0.6) is 0 Å². The van der Waals surface area contributed by atoms with E-state index < -0.39 is 0 Å². The first-order valence-corrected chi connectivity index (χ1v) is 8.93. The quantitative estimate of drug-likeness (QED) is 0.679. The number of fused-ring (bicyclic) bond motifs is 2. The van der Waals surface area contributed by atoms with E-state index in [-0.39, 0.29) is 0 Å². The summed E-state index contributed by atoms with van der Waals surface area (Å²) in [5.41, 5.74) is 3.85. The molecule has 2 aliphatic rings. The molecule has 2 atom stereocenters. The van der Waals surface area contributed by atoms with Gasteiger partial charge in [-0.2, -0.15) is 0 Å². The van der Waals surface area contributed by atoms with Gasteiger partial charge >= 0.3 is 0 Å². The molecule has 0 spiro atoms. The molecule has 118 valence electrons. The van der Waals surface area contributed by atoms with Crippen molar-refractivity contribution in [3.8, 4) is 0 Å². The zero-order valence-electron chi connectivity index (χ0n) is 12.9. The molecule has 1 nitrogen and oxygen atoms in total. The Morgan fingerprint density at radius 2 is 1.78 bits per heavy atom. The molecule has 0 amide bonds. The van der Waals surface area contributed by atoms with Crippen LogP contribution >= 0.6 is 23.2 Å². The highest BCUT2D eigenvalue weighted by molar-refractivity contribution is 6.43. The van der Waals surface area contributed by atoms with Crippen LogP contribution in [0.1, 0.15) is 30.4 Å². The molecule has 4 rings (SSSR count). The van der Waals surface area contributed by atoms with Gasteiger partial charge in [0.1, 0.15) is 0 Å². The minimum atomic E-state index is 0.513. The topological polar surface area (TPSA) is 3.24 Å². The molecule has 1 saturated heterocycles. The predicted molar refractivity (Wildman–Crippen MR) is 97.9 cm³/mol. The Morgan fingerprint density at radius 1 is 0.957 bits per heavy atom. The Labute approximate surface area is 147 Å². The molecule has 3 heteroatoms. The zero-order valence-corrected chi connectivity index (χ0v) is 14.4. The third-order valence-electron chi connectivity index (χ3n) is 5.05. The molecule has 0 saturated carbocycles. The van der Waals surface area contributed by atoms with Crippen molar-refractivity contribution in [3.63, 3.8) is 0 Å². The molecule has 2 aromatic carbocycles. The standard InChI is InChI=1S/C20H19Cl2N/c21-19-8-4-7-18(20(19)22)15-11-16-9-10-17(12-15)23(16)13-14-5-2-1-3-6-14/h1-8,11,16-17H,9-10,12-13H2. The van der Waals surface area contributed by atoms with E-state index in [0.29, 0.717) is 22.1 Å². The number of hydrogen-bond acceptors (Lipinski definition) is 1. The first-order valence-electron chi connectivity index (χ1n) is 8.17. The van der Waals surface area contributed by atoms with Crippen molar-refractivity contribution in [2.45, 2.75) is 37.9 Å². The van der Waals surface area contributed by atoms with Crippen LogP contribution in [-0.2, 0) is 6.54 Å². The lowest BCUT2D eigenvalue weighted by Gasteiger charge is -2.34. The molecule has 2 heterocycles.